The Bertz CT molecular complexity index is 1070. The number of rotatable bonds is 6. The molecule has 32 heavy (non-hydrogen) atoms. The largest absolute Gasteiger partial charge is 0.465 e. The number of carbonyl (C=O) groups excluding carboxylic acids is 1. The van der Waals surface area contributed by atoms with E-state index in [1.165, 1.54) is 7.11 Å². The molecule has 10 nitrogen and oxygen atoms in total. The fourth-order valence-electron chi connectivity index (χ4n) is 3.63. The first-order valence-electron chi connectivity index (χ1n) is 10.4. The van der Waals surface area contributed by atoms with E-state index in [1.807, 2.05) is 19.1 Å². The molecule has 2 atom stereocenters. The van der Waals surface area contributed by atoms with Crippen LogP contribution in [0, 0.1) is 6.92 Å². The summed E-state index contributed by atoms with van der Waals surface area (Å²) in [6.07, 6.45) is 0.197. The highest BCUT2D eigenvalue weighted by Gasteiger charge is 2.24. The van der Waals surface area contributed by atoms with Gasteiger partial charge in [-0.25, -0.2) is 4.79 Å². The Kier molecular flexibility index (Phi) is 6.22. The van der Waals surface area contributed by atoms with Crippen LogP contribution in [0.15, 0.2) is 36.4 Å². The van der Waals surface area contributed by atoms with Crippen molar-refractivity contribution in [2.75, 3.05) is 35.7 Å². The van der Waals surface area contributed by atoms with Crippen molar-refractivity contribution in [3.05, 3.63) is 47.7 Å². The van der Waals surface area contributed by atoms with Gasteiger partial charge in [0.15, 0.2) is 5.82 Å². The number of hydrogen-bond acceptors (Lipinski definition) is 9. The summed E-state index contributed by atoms with van der Waals surface area (Å²) in [6.45, 7) is 7.51. The predicted molar refractivity (Wildman–Crippen MR) is 122 cm³/mol. The molecule has 3 heterocycles. The Morgan fingerprint density at radius 3 is 2.44 bits per heavy atom. The Labute approximate surface area is 186 Å². The van der Waals surface area contributed by atoms with Crippen LogP contribution in [-0.4, -0.2) is 58.5 Å². The van der Waals surface area contributed by atoms with Crippen molar-refractivity contribution in [3.63, 3.8) is 0 Å². The van der Waals surface area contributed by atoms with Gasteiger partial charge in [0.2, 0.25) is 5.95 Å². The molecule has 0 amide bonds. The molecule has 1 fully saturated rings. The molecule has 0 unspecified atom stereocenters. The van der Waals surface area contributed by atoms with Crippen LogP contribution >= 0.6 is 0 Å². The first-order valence-corrected chi connectivity index (χ1v) is 10.4. The van der Waals surface area contributed by atoms with E-state index in [4.69, 9.17) is 14.5 Å². The number of methoxy groups -OCH3 is 1. The standard InChI is InChI=1S/C22H27N7O3/c1-13-9-19(28-27-13)24-18-10-20(29-11-14(2)32-15(3)12-29)26-22(25-18)23-17-7-5-16(6-8-17)21(30)31-4/h5-10,14-15H,11-12H2,1-4H3,(H3,23,24,25,26,27,28)/t14-,15+. The first kappa shape index (κ1) is 21.6. The van der Waals surface area contributed by atoms with E-state index in [0.29, 0.717) is 23.1 Å². The lowest BCUT2D eigenvalue weighted by atomic mass is 10.2. The van der Waals surface area contributed by atoms with Crippen LogP contribution in [0.3, 0.4) is 0 Å². The number of aryl methyl sites for hydroxylation is 1. The molecule has 0 bridgehead atoms. The second-order valence-electron chi connectivity index (χ2n) is 7.85. The van der Waals surface area contributed by atoms with Crippen molar-refractivity contribution >= 4 is 35.1 Å². The molecule has 0 spiro atoms. The molecule has 1 aliphatic heterocycles. The van der Waals surface area contributed by atoms with Crippen molar-refractivity contribution in [3.8, 4) is 0 Å². The van der Waals surface area contributed by atoms with Crippen LogP contribution in [-0.2, 0) is 9.47 Å². The predicted octanol–water partition coefficient (Wildman–Crippen LogP) is 3.40. The zero-order valence-electron chi connectivity index (χ0n) is 18.5. The maximum Gasteiger partial charge on any atom is 0.337 e. The zero-order chi connectivity index (χ0) is 22.7. The number of ether oxygens (including phenoxy) is 2. The molecule has 2 aromatic heterocycles. The minimum Gasteiger partial charge on any atom is -0.465 e. The van der Waals surface area contributed by atoms with E-state index in [1.54, 1.807) is 24.3 Å². The van der Waals surface area contributed by atoms with Gasteiger partial charge in [0.05, 0.1) is 24.9 Å². The number of esters is 1. The number of carbonyl (C=O) groups is 1. The molecule has 3 aromatic rings. The average Bonchev–Trinajstić information content (AvgIpc) is 3.17. The van der Waals surface area contributed by atoms with Crippen molar-refractivity contribution in [1.82, 2.24) is 20.2 Å². The number of nitrogens with zero attached hydrogens (tertiary/aromatic N) is 4. The van der Waals surface area contributed by atoms with Crippen molar-refractivity contribution < 1.29 is 14.3 Å². The van der Waals surface area contributed by atoms with Gasteiger partial charge in [-0.1, -0.05) is 0 Å². The highest BCUT2D eigenvalue weighted by Crippen LogP contribution is 2.25. The summed E-state index contributed by atoms with van der Waals surface area (Å²) in [7, 11) is 1.36. The highest BCUT2D eigenvalue weighted by molar-refractivity contribution is 5.89. The van der Waals surface area contributed by atoms with Crippen molar-refractivity contribution in [1.29, 1.82) is 0 Å². The van der Waals surface area contributed by atoms with Gasteiger partial charge in [0, 0.05) is 36.6 Å². The number of aromatic amines is 1. The number of anilines is 5. The van der Waals surface area contributed by atoms with Gasteiger partial charge in [-0.15, -0.1) is 0 Å². The fraction of sp³-hybridized carbons (Fsp3) is 0.364. The fourth-order valence-corrected chi connectivity index (χ4v) is 3.63. The number of morpholine rings is 1. The van der Waals surface area contributed by atoms with Crippen LogP contribution in [0.1, 0.15) is 29.9 Å². The molecule has 0 aliphatic carbocycles. The number of H-pyrrole nitrogens is 1. The highest BCUT2D eigenvalue weighted by atomic mass is 16.5. The van der Waals surface area contributed by atoms with Crippen LogP contribution in [0.2, 0.25) is 0 Å². The third kappa shape index (κ3) is 5.14. The molecular formula is C22H27N7O3. The summed E-state index contributed by atoms with van der Waals surface area (Å²) in [5.41, 5.74) is 2.17. The third-order valence-corrected chi connectivity index (χ3v) is 4.98. The van der Waals surface area contributed by atoms with Gasteiger partial charge >= 0.3 is 5.97 Å². The molecule has 10 heteroatoms. The molecule has 4 rings (SSSR count). The average molecular weight is 438 g/mol. The van der Waals surface area contributed by atoms with Crippen LogP contribution in [0.5, 0.6) is 0 Å². The lowest BCUT2D eigenvalue weighted by Gasteiger charge is -2.36. The number of benzene rings is 1. The van der Waals surface area contributed by atoms with E-state index in [0.717, 1.165) is 30.3 Å². The Hall–Kier alpha value is -3.66. The van der Waals surface area contributed by atoms with Crippen LogP contribution < -0.4 is 15.5 Å². The molecule has 0 radical (unpaired) electrons. The normalized spacial score (nSPS) is 18.3. The molecule has 1 aliphatic rings. The van der Waals surface area contributed by atoms with E-state index in [-0.39, 0.29) is 18.2 Å². The summed E-state index contributed by atoms with van der Waals surface area (Å²) in [5.74, 6) is 2.11. The van der Waals surface area contributed by atoms with Gasteiger partial charge in [0.25, 0.3) is 0 Å². The molecule has 1 saturated heterocycles. The molecule has 0 saturated carbocycles. The SMILES string of the molecule is COC(=O)c1ccc(Nc2nc(Nc3cc(C)[nH]n3)cc(N3C[C@@H](C)O[C@@H](C)C3)n2)cc1. The van der Waals surface area contributed by atoms with Crippen LogP contribution in [0.4, 0.5) is 29.1 Å². The van der Waals surface area contributed by atoms with Crippen LogP contribution in [0.25, 0.3) is 0 Å². The topological polar surface area (TPSA) is 117 Å². The number of aromatic nitrogens is 4. The van der Waals surface area contributed by atoms with E-state index < -0.39 is 0 Å². The Morgan fingerprint density at radius 1 is 1.09 bits per heavy atom. The minimum absolute atomic E-state index is 0.0985. The second-order valence-corrected chi connectivity index (χ2v) is 7.85. The summed E-state index contributed by atoms with van der Waals surface area (Å²) < 4.78 is 10.6. The smallest absolute Gasteiger partial charge is 0.337 e. The molecule has 3 N–H and O–H groups in total. The maximum absolute atomic E-state index is 11.7. The van der Waals surface area contributed by atoms with Gasteiger partial charge in [-0.3, -0.25) is 5.10 Å². The molecule has 1 aromatic carbocycles. The van der Waals surface area contributed by atoms with E-state index in [9.17, 15) is 4.79 Å². The van der Waals surface area contributed by atoms with Crippen molar-refractivity contribution in [2.24, 2.45) is 0 Å². The Balaban J connectivity index is 1.62. The molecular weight excluding hydrogens is 410 g/mol. The maximum atomic E-state index is 11.7. The summed E-state index contributed by atoms with van der Waals surface area (Å²) in [6, 6.07) is 10.8. The second kappa shape index (κ2) is 9.23. The summed E-state index contributed by atoms with van der Waals surface area (Å²) in [5, 5.41) is 13.6. The molecule has 168 valence electrons. The van der Waals surface area contributed by atoms with Crippen molar-refractivity contribution in [2.45, 2.75) is 33.0 Å². The minimum atomic E-state index is -0.383. The quantitative estimate of drug-likeness (QED) is 0.499. The lowest BCUT2D eigenvalue weighted by Crippen LogP contribution is -2.45. The van der Waals surface area contributed by atoms with Gasteiger partial charge < -0.3 is 25.0 Å². The lowest BCUT2D eigenvalue weighted by molar-refractivity contribution is -0.00546. The first-order chi connectivity index (χ1) is 15.4. The third-order valence-electron chi connectivity index (χ3n) is 4.98. The zero-order valence-corrected chi connectivity index (χ0v) is 18.5. The Morgan fingerprint density at radius 2 is 1.81 bits per heavy atom. The van der Waals surface area contributed by atoms with E-state index >= 15 is 0 Å². The van der Waals surface area contributed by atoms with Gasteiger partial charge in [-0.05, 0) is 45.0 Å². The number of hydrogen-bond donors (Lipinski definition) is 3. The number of nitrogens with one attached hydrogen (secondary N) is 3. The van der Waals surface area contributed by atoms with Gasteiger partial charge in [0.1, 0.15) is 11.6 Å². The van der Waals surface area contributed by atoms with E-state index in [2.05, 4.69) is 44.6 Å². The summed E-state index contributed by atoms with van der Waals surface area (Å²) in [4.78, 5) is 23.2. The van der Waals surface area contributed by atoms with Gasteiger partial charge in [-0.2, -0.15) is 15.1 Å². The monoisotopic (exact) mass is 437 g/mol. The summed E-state index contributed by atoms with van der Waals surface area (Å²) >= 11 is 0.